The van der Waals surface area contributed by atoms with E-state index in [1.54, 1.807) is 0 Å². The lowest BCUT2D eigenvalue weighted by molar-refractivity contribution is 0.238. The number of pyridine rings is 1. The zero-order valence-corrected chi connectivity index (χ0v) is 17.9. The van der Waals surface area contributed by atoms with E-state index >= 15 is 0 Å². The number of likely N-dealkylation sites (tertiary alicyclic amines) is 1. The van der Waals surface area contributed by atoms with Crippen LogP contribution in [0.4, 0.5) is 11.6 Å². The number of hydrogen-bond donors (Lipinski definition) is 1. The molecular weight excluding hydrogens is 410 g/mol. The molecule has 7 heteroatoms. The van der Waals surface area contributed by atoms with Crippen molar-refractivity contribution in [1.82, 2.24) is 19.5 Å². The number of hydrogen-bond acceptors (Lipinski definition) is 5. The van der Waals surface area contributed by atoms with Crippen LogP contribution in [-0.2, 0) is 0 Å². The Balaban J connectivity index is 1.27. The monoisotopic (exact) mass is 433 g/mol. The lowest BCUT2D eigenvalue weighted by Gasteiger charge is -2.15. The average Bonchev–Trinajstić information content (AvgIpc) is 3.44. The lowest BCUT2D eigenvalue weighted by atomic mass is 10.1. The predicted molar refractivity (Wildman–Crippen MR) is 124 cm³/mol. The number of benzene rings is 2. The molecule has 0 aliphatic carbocycles. The van der Waals surface area contributed by atoms with E-state index in [0.717, 1.165) is 34.9 Å². The molecule has 1 N–H and O–H groups in total. The van der Waals surface area contributed by atoms with Crippen molar-refractivity contribution in [2.24, 2.45) is 0 Å². The minimum Gasteiger partial charge on any atom is -0.492 e. The van der Waals surface area contributed by atoms with Gasteiger partial charge in [-0.25, -0.2) is 4.52 Å². The number of fused-ring (bicyclic) bond motifs is 1. The summed E-state index contributed by atoms with van der Waals surface area (Å²) in [4.78, 5) is 7.05. The lowest BCUT2D eigenvalue weighted by Crippen LogP contribution is -2.25. The summed E-state index contributed by atoms with van der Waals surface area (Å²) in [6.07, 6.45) is 2.61. The number of rotatable bonds is 7. The summed E-state index contributed by atoms with van der Waals surface area (Å²) in [5.41, 5.74) is 3.60. The third-order valence-electron chi connectivity index (χ3n) is 5.47. The summed E-state index contributed by atoms with van der Waals surface area (Å²) in [6.45, 7) is 4.09. The van der Waals surface area contributed by atoms with Crippen LogP contribution in [-0.4, -0.2) is 45.7 Å². The van der Waals surface area contributed by atoms with E-state index in [-0.39, 0.29) is 0 Å². The molecular formula is C24H24ClN5O. The van der Waals surface area contributed by atoms with Crippen LogP contribution in [0.25, 0.3) is 16.9 Å². The second-order valence-corrected chi connectivity index (χ2v) is 8.11. The maximum absolute atomic E-state index is 6.17. The molecule has 4 aromatic rings. The summed E-state index contributed by atoms with van der Waals surface area (Å²) in [5.74, 6) is 1.41. The Morgan fingerprint density at radius 2 is 1.77 bits per heavy atom. The van der Waals surface area contributed by atoms with Crippen molar-refractivity contribution < 1.29 is 4.74 Å². The maximum atomic E-state index is 6.17. The molecule has 0 unspecified atom stereocenters. The van der Waals surface area contributed by atoms with E-state index < -0.39 is 0 Å². The highest BCUT2D eigenvalue weighted by Gasteiger charge is 2.11. The predicted octanol–water partition coefficient (Wildman–Crippen LogP) is 5.27. The number of ether oxygens (including phenoxy) is 1. The van der Waals surface area contributed by atoms with Crippen LogP contribution in [0.5, 0.6) is 5.75 Å². The van der Waals surface area contributed by atoms with Gasteiger partial charge in [0.15, 0.2) is 5.65 Å². The molecule has 31 heavy (non-hydrogen) atoms. The van der Waals surface area contributed by atoms with Gasteiger partial charge in [0.1, 0.15) is 12.4 Å². The molecule has 1 aliphatic heterocycles. The first-order chi connectivity index (χ1) is 15.2. The highest BCUT2D eigenvalue weighted by atomic mass is 35.5. The highest BCUT2D eigenvalue weighted by molar-refractivity contribution is 6.30. The summed E-state index contributed by atoms with van der Waals surface area (Å²) >= 11 is 6.17. The van der Waals surface area contributed by atoms with Gasteiger partial charge in [0.05, 0.1) is 5.69 Å². The van der Waals surface area contributed by atoms with Gasteiger partial charge in [-0.05, 0) is 74.5 Å². The first-order valence-electron chi connectivity index (χ1n) is 10.6. The summed E-state index contributed by atoms with van der Waals surface area (Å²) < 4.78 is 7.70. The number of aromatic nitrogens is 3. The van der Waals surface area contributed by atoms with Crippen LogP contribution in [0.2, 0.25) is 5.02 Å². The molecule has 3 heterocycles. The van der Waals surface area contributed by atoms with Crippen molar-refractivity contribution in [3.05, 3.63) is 71.8 Å². The van der Waals surface area contributed by atoms with Crippen LogP contribution in [0, 0.1) is 0 Å². The molecule has 158 valence electrons. The fraction of sp³-hybridized carbons (Fsp3) is 0.250. The van der Waals surface area contributed by atoms with E-state index in [1.165, 1.54) is 25.9 Å². The minimum atomic E-state index is 0.539. The molecule has 0 spiro atoms. The molecule has 0 atom stereocenters. The molecule has 2 aromatic heterocycles. The van der Waals surface area contributed by atoms with Gasteiger partial charge >= 0.3 is 0 Å². The number of anilines is 2. The van der Waals surface area contributed by atoms with E-state index in [2.05, 4.69) is 20.3 Å². The van der Waals surface area contributed by atoms with Crippen molar-refractivity contribution in [2.45, 2.75) is 12.8 Å². The largest absolute Gasteiger partial charge is 0.492 e. The quantitative estimate of drug-likeness (QED) is 0.430. The Morgan fingerprint density at radius 1 is 0.968 bits per heavy atom. The van der Waals surface area contributed by atoms with Gasteiger partial charge < -0.3 is 10.1 Å². The second-order valence-electron chi connectivity index (χ2n) is 7.67. The third kappa shape index (κ3) is 4.65. The maximum Gasteiger partial charge on any atom is 0.247 e. The van der Waals surface area contributed by atoms with Gasteiger partial charge in [-0.15, -0.1) is 5.10 Å². The van der Waals surface area contributed by atoms with Crippen molar-refractivity contribution in [3.8, 4) is 17.0 Å². The Morgan fingerprint density at radius 3 is 2.58 bits per heavy atom. The summed E-state index contributed by atoms with van der Waals surface area (Å²) in [5, 5.41) is 8.61. The minimum absolute atomic E-state index is 0.539. The zero-order valence-electron chi connectivity index (χ0n) is 17.2. The Kier molecular flexibility index (Phi) is 5.74. The Labute approximate surface area is 186 Å². The van der Waals surface area contributed by atoms with Crippen molar-refractivity contribution in [1.29, 1.82) is 0 Å². The third-order valence-corrected chi connectivity index (χ3v) is 5.70. The van der Waals surface area contributed by atoms with E-state index in [0.29, 0.717) is 17.6 Å². The molecule has 1 fully saturated rings. The Bertz CT molecular complexity index is 1170. The summed E-state index contributed by atoms with van der Waals surface area (Å²) in [7, 11) is 0. The Hall–Kier alpha value is -3.09. The normalized spacial score (nSPS) is 14.2. The van der Waals surface area contributed by atoms with Gasteiger partial charge in [0.25, 0.3) is 0 Å². The molecule has 0 bridgehead atoms. The van der Waals surface area contributed by atoms with E-state index in [4.69, 9.17) is 16.3 Å². The highest BCUT2D eigenvalue weighted by Crippen LogP contribution is 2.25. The van der Waals surface area contributed by atoms with Gasteiger partial charge in [-0.1, -0.05) is 29.8 Å². The van der Waals surface area contributed by atoms with Crippen LogP contribution in [0.3, 0.4) is 0 Å². The van der Waals surface area contributed by atoms with Gasteiger partial charge in [0.2, 0.25) is 5.95 Å². The van der Waals surface area contributed by atoms with Gasteiger partial charge in [0, 0.05) is 22.8 Å². The second kappa shape index (κ2) is 8.96. The summed E-state index contributed by atoms with van der Waals surface area (Å²) in [6, 6.07) is 21.5. The fourth-order valence-corrected chi connectivity index (χ4v) is 4.08. The van der Waals surface area contributed by atoms with Gasteiger partial charge in [-0.2, -0.15) is 4.98 Å². The fourth-order valence-electron chi connectivity index (χ4n) is 3.89. The van der Waals surface area contributed by atoms with Crippen molar-refractivity contribution >= 4 is 28.9 Å². The molecule has 0 radical (unpaired) electrons. The zero-order chi connectivity index (χ0) is 21.0. The molecule has 2 aromatic carbocycles. The molecule has 1 aliphatic rings. The molecule has 0 saturated carbocycles. The number of nitrogens with zero attached hydrogens (tertiary/aromatic N) is 4. The van der Waals surface area contributed by atoms with Crippen molar-refractivity contribution in [3.63, 3.8) is 0 Å². The first-order valence-corrected chi connectivity index (χ1v) is 11.0. The van der Waals surface area contributed by atoms with Crippen LogP contribution in [0.1, 0.15) is 12.8 Å². The van der Waals surface area contributed by atoms with E-state index in [1.807, 2.05) is 71.2 Å². The number of nitrogens with one attached hydrogen (secondary N) is 1. The topological polar surface area (TPSA) is 54.7 Å². The average molecular weight is 434 g/mol. The first kappa shape index (κ1) is 19.8. The van der Waals surface area contributed by atoms with Crippen LogP contribution in [0.15, 0.2) is 66.7 Å². The molecule has 1 saturated heterocycles. The molecule has 0 amide bonds. The van der Waals surface area contributed by atoms with Crippen LogP contribution < -0.4 is 10.1 Å². The number of halogens is 1. The SMILES string of the molecule is Clc1cccc(-c2cccc3nc(Nc4ccc(OCCN5CCCC5)cc4)nn23)c1. The van der Waals surface area contributed by atoms with E-state index in [9.17, 15) is 0 Å². The van der Waals surface area contributed by atoms with Gasteiger partial charge in [-0.3, -0.25) is 4.90 Å². The van der Waals surface area contributed by atoms with Crippen molar-refractivity contribution in [2.75, 3.05) is 31.6 Å². The molecule has 5 rings (SSSR count). The smallest absolute Gasteiger partial charge is 0.247 e. The standard InChI is InChI=1S/C24H24ClN5O/c25-19-6-3-5-18(17-19)22-7-4-8-23-27-24(28-30(22)23)26-20-9-11-21(12-10-20)31-16-15-29-13-1-2-14-29/h3-12,17H,1-2,13-16H2,(H,26,28). The molecule has 6 nitrogen and oxygen atoms in total. The van der Waals surface area contributed by atoms with Crippen LogP contribution >= 0.6 is 11.6 Å².